The van der Waals surface area contributed by atoms with Gasteiger partial charge in [0.2, 0.25) is 0 Å². The number of benzene rings is 1. The van der Waals surface area contributed by atoms with E-state index < -0.39 is 5.97 Å². The molecular formula is C16H21ClO4. The minimum Gasteiger partial charge on any atom is -0.493 e. The molecule has 1 N–H and O–H groups in total. The molecule has 116 valence electrons. The zero-order chi connectivity index (χ0) is 15.8. The number of methoxy groups -OCH3 is 1. The van der Waals surface area contributed by atoms with Gasteiger partial charge in [0.25, 0.3) is 0 Å². The molecule has 0 bridgehead atoms. The summed E-state index contributed by atoms with van der Waals surface area (Å²) in [5.41, 5.74) is 0.590. The summed E-state index contributed by atoms with van der Waals surface area (Å²) in [4.78, 5) is 10.7. The van der Waals surface area contributed by atoms with Crippen LogP contribution in [0.25, 0.3) is 6.08 Å². The fourth-order valence-corrected chi connectivity index (χ4v) is 2.12. The average Bonchev–Trinajstić information content (AvgIpc) is 2.46. The molecule has 0 aliphatic carbocycles. The smallest absolute Gasteiger partial charge is 0.328 e. The van der Waals surface area contributed by atoms with E-state index in [1.54, 1.807) is 12.1 Å². The van der Waals surface area contributed by atoms with Gasteiger partial charge in [-0.15, -0.1) is 0 Å². The predicted octanol–water partition coefficient (Wildman–Crippen LogP) is 4.26. The molecule has 0 amide bonds. The van der Waals surface area contributed by atoms with Crippen molar-refractivity contribution in [2.75, 3.05) is 13.7 Å². The summed E-state index contributed by atoms with van der Waals surface area (Å²) in [6, 6.07) is 3.31. The second kappa shape index (κ2) is 8.57. The number of halogens is 1. The van der Waals surface area contributed by atoms with Crippen LogP contribution in [0.3, 0.4) is 0 Å². The fraction of sp³-hybridized carbons (Fsp3) is 0.438. The van der Waals surface area contributed by atoms with Gasteiger partial charge in [-0.3, -0.25) is 0 Å². The van der Waals surface area contributed by atoms with Gasteiger partial charge >= 0.3 is 5.97 Å². The van der Waals surface area contributed by atoms with E-state index in [1.165, 1.54) is 13.2 Å². The summed E-state index contributed by atoms with van der Waals surface area (Å²) in [6.45, 7) is 4.78. The van der Waals surface area contributed by atoms with Gasteiger partial charge < -0.3 is 14.6 Å². The second-order valence-electron chi connectivity index (χ2n) is 4.69. The molecule has 21 heavy (non-hydrogen) atoms. The number of rotatable bonds is 8. The third-order valence-corrected chi connectivity index (χ3v) is 3.51. The molecule has 1 aromatic carbocycles. The highest BCUT2D eigenvalue weighted by Crippen LogP contribution is 2.36. The van der Waals surface area contributed by atoms with E-state index >= 15 is 0 Å². The third-order valence-electron chi connectivity index (χ3n) is 3.29. The Kier molecular flexibility index (Phi) is 7.09. The topological polar surface area (TPSA) is 55.8 Å². The molecule has 0 radical (unpaired) electrons. The van der Waals surface area contributed by atoms with Crippen LogP contribution in [0.1, 0.15) is 32.3 Å². The molecule has 0 aromatic heterocycles. The Morgan fingerprint density at radius 3 is 2.57 bits per heavy atom. The third kappa shape index (κ3) is 5.31. The Labute approximate surface area is 130 Å². The summed E-state index contributed by atoms with van der Waals surface area (Å²) in [5, 5.41) is 9.23. The summed E-state index contributed by atoms with van der Waals surface area (Å²) < 4.78 is 11.1. The summed E-state index contributed by atoms with van der Waals surface area (Å²) >= 11 is 6.02. The van der Waals surface area contributed by atoms with Gasteiger partial charge in [-0.05, 0) is 18.1 Å². The van der Waals surface area contributed by atoms with E-state index in [9.17, 15) is 4.79 Å². The van der Waals surface area contributed by atoms with E-state index in [0.717, 1.165) is 18.9 Å². The van der Waals surface area contributed by atoms with Crippen LogP contribution in [-0.2, 0) is 4.79 Å². The van der Waals surface area contributed by atoms with Crippen molar-refractivity contribution in [3.8, 4) is 11.5 Å². The Hall–Kier alpha value is -1.68. The van der Waals surface area contributed by atoms with Gasteiger partial charge in [0.05, 0.1) is 13.7 Å². The van der Waals surface area contributed by atoms with E-state index in [0.29, 0.717) is 34.6 Å². The Morgan fingerprint density at radius 1 is 1.38 bits per heavy atom. The first-order chi connectivity index (χ1) is 10.0. The Bertz CT molecular complexity index is 507. The van der Waals surface area contributed by atoms with E-state index in [1.807, 2.05) is 0 Å². The van der Waals surface area contributed by atoms with Gasteiger partial charge in [-0.1, -0.05) is 38.3 Å². The first-order valence-corrected chi connectivity index (χ1v) is 7.30. The van der Waals surface area contributed by atoms with Crippen LogP contribution in [0, 0.1) is 5.92 Å². The molecule has 5 heteroatoms. The zero-order valence-corrected chi connectivity index (χ0v) is 13.3. The zero-order valence-electron chi connectivity index (χ0n) is 12.6. The van der Waals surface area contributed by atoms with Crippen molar-refractivity contribution in [2.45, 2.75) is 26.7 Å². The number of hydrogen-bond donors (Lipinski definition) is 1. The molecular weight excluding hydrogens is 292 g/mol. The first-order valence-electron chi connectivity index (χ1n) is 6.93. The highest BCUT2D eigenvalue weighted by Gasteiger charge is 2.13. The van der Waals surface area contributed by atoms with Crippen LogP contribution in [0.2, 0.25) is 5.02 Å². The highest BCUT2D eigenvalue weighted by molar-refractivity contribution is 6.31. The summed E-state index contributed by atoms with van der Waals surface area (Å²) in [5.74, 6) is 0.436. The van der Waals surface area contributed by atoms with Crippen LogP contribution >= 0.6 is 11.6 Å². The normalized spacial score (nSPS) is 11.1. The number of carboxylic acid groups (broad SMARTS) is 1. The lowest BCUT2D eigenvalue weighted by Gasteiger charge is -2.18. The largest absolute Gasteiger partial charge is 0.493 e. The minimum absolute atomic E-state index is 0.446. The van der Waals surface area contributed by atoms with Crippen molar-refractivity contribution in [3.05, 3.63) is 28.8 Å². The second-order valence-corrected chi connectivity index (χ2v) is 5.13. The lowest BCUT2D eigenvalue weighted by atomic mass is 10.1. The van der Waals surface area contributed by atoms with Crippen LogP contribution in [0.5, 0.6) is 11.5 Å². The van der Waals surface area contributed by atoms with Crippen LogP contribution in [-0.4, -0.2) is 24.8 Å². The van der Waals surface area contributed by atoms with Crippen LogP contribution < -0.4 is 9.47 Å². The summed E-state index contributed by atoms with van der Waals surface area (Å²) in [7, 11) is 1.53. The quantitative estimate of drug-likeness (QED) is 0.729. The number of carbonyl (C=O) groups is 1. The molecule has 1 rings (SSSR count). The molecule has 0 aliphatic heterocycles. The van der Waals surface area contributed by atoms with Crippen LogP contribution in [0.4, 0.5) is 0 Å². The lowest BCUT2D eigenvalue weighted by molar-refractivity contribution is -0.131. The van der Waals surface area contributed by atoms with Gasteiger partial charge in [-0.25, -0.2) is 4.79 Å². The van der Waals surface area contributed by atoms with Gasteiger partial charge in [-0.2, -0.15) is 0 Å². The molecule has 0 atom stereocenters. The van der Waals surface area contributed by atoms with Crippen molar-refractivity contribution in [3.63, 3.8) is 0 Å². The molecule has 0 heterocycles. The number of hydrogen-bond acceptors (Lipinski definition) is 3. The monoisotopic (exact) mass is 312 g/mol. The van der Waals surface area contributed by atoms with Crippen molar-refractivity contribution in [1.29, 1.82) is 0 Å². The first kappa shape index (κ1) is 17.4. The Morgan fingerprint density at radius 2 is 2.05 bits per heavy atom. The number of carboxylic acids is 1. The fourth-order valence-electron chi connectivity index (χ4n) is 1.91. The molecule has 0 saturated carbocycles. The van der Waals surface area contributed by atoms with Crippen LogP contribution in [0.15, 0.2) is 18.2 Å². The summed E-state index contributed by atoms with van der Waals surface area (Å²) in [6.07, 6.45) is 4.55. The standard InChI is InChI=1S/C16H21ClO4/c1-4-11(5-2)10-21-16-12(6-7-15(18)19)8-13(17)9-14(16)20-3/h6-9,11H,4-5,10H2,1-3H3,(H,18,19)/b7-6+. The average molecular weight is 313 g/mol. The maximum absolute atomic E-state index is 10.7. The lowest BCUT2D eigenvalue weighted by Crippen LogP contribution is -2.11. The minimum atomic E-state index is -1.03. The highest BCUT2D eigenvalue weighted by atomic mass is 35.5. The molecule has 0 fully saturated rings. The number of ether oxygens (including phenoxy) is 2. The van der Waals surface area contributed by atoms with E-state index in [4.69, 9.17) is 26.2 Å². The molecule has 0 aliphatic rings. The molecule has 0 saturated heterocycles. The van der Waals surface area contributed by atoms with E-state index in [-0.39, 0.29) is 0 Å². The van der Waals surface area contributed by atoms with Gasteiger partial charge in [0.1, 0.15) is 0 Å². The van der Waals surface area contributed by atoms with Crippen molar-refractivity contribution >= 4 is 23.6 Å². The van der Waals surface area contributed by atoms with Crippen molar-refractivity contribution in [1.82, 2.24) is 0 Å². The SMILES string of the molecule is CCC(CC)COc1c(/C=C/C(=O)O)cc(Cl)cc1OC. The number of aliphatic carboxylic acids is 1. The predicted molar refractivity (Wildman–Crippen MR) is 84.2 cm³/mol. The molecule has 0 unspecified atom stereocenters. The van der Waals surface area contributed by atoms with Gasteiger partial charge in [0.15, 0.2) is 11.5 Å². The molecule has 1 aromatic rings. The van der Waals surface area contributed by atoms with Gasteiger partial charge in [0, 0.05) is 22.7 Å². The molecule has 4 nitrogen and oxygen atoms in total. The Balaban J connectivity index is 3.10. The van der Waals surface area contributed by atoms with Crippen molar-refractivity contribution < 1.29 is 19.4 Å². The van der Waals surface area contributed by atoms with Crippen molar-refractivity contribution in [2.24, 2.45) is 5.92 Å². The maximum atomic E-state index is 10.7. The maximum Gasteiger partial charge on any atom is 0.328 e. The van der Waals surface area contributed by atoms with E-state index in [2.05, 4.69) is 13.8 Å². The molecule has 0 spiro atoms.